The molecule has 0 spiro atoms. The van der Waals surface area contributed by atoms with Crippen LogP contribution in [0.5, 0.6) is 0 Å². The van der Waals surface area contributed by atoms with Gasteiger partial charge in [0.2, 0.25) is 5.91 Å². The largest absolute Gasteiger partial charge is 0.331 e. The lowest BCUT2D eigenvalue weighted by atomic mass is 10.1. The van der Waals surface area contributed by atoms with Gasteiger partial charge in [-0.15, -0.1) is 11.8 Å². The van der Waals surface area contributed by atoms with Gasteiger partial charge in [0, 0.05) is 11.4 Å². The molecule has 0 saturated carbocycles. The third-order valence-corrected chi connectivity index (χ3v) is 4.72. The maximum absolute atomic E-state index is 13.1. The number of hydrogen-bond acceptors (Lipinski definition) is 3. The van der Waals surface area contributed by atoms with Crippen molar-refractivity contribution in [3.63, 3.8) is 0 Å². The van der Waals surface area contributed by atoms with E-state index in [0.29, 0.717) is 11.4 Å². The lowest BCUT2D eigenvalue weighted by Gasteiger charge is -2.12. The normalized spacial score (nSPS) is 10.2. The summed E-state index contributed by atoms with van der Waals surface area (Å²) < 4.78 is 13.1. The predicted molar refractivity (Wildman–Crippen MR) is 106 cm³/mol. The minimum Gasteiger partial charge on any atom is -0.331 e. The predicted octanol–water partition coefficient (Wildman–Crippen LogP) is 4.04. The van der Waals surface area contributed by atoms with E-state index in [1.54, 1.807) is 0 Å². The summed E-state index contributed by atoms with van der Waals surface area (Å²) in [4.78, 5) is 11.8. The molecule has 0 aromatic heterocycles. The Hall–Kier alpha value is -1.83. The SMILES string of the molecule is Cc1ccccc1CSCC(=O)NNC(=S)Nc1ccc(F)c(Cl)c1. The van der Waals surface area contributed by atoms with E-state index in [0.717, 1.165) is 5.75 Å². The number of thioether (sulfide) groups is 1. The number of amides is 1. The second-order valence-corrected chi connectivity index (χ2v) is 6.98. The highest BCUT2D eigenvalue weighted by Gasteiger charge is 2.05. The molecule has 1 amide bonds. The van der Waals surface area contributed by atoms with Gasteiger partial charge < -0.3 is 5.32 Å². The van der Waals surface area contributed by atoms with Crippen molar-refractivity contribution in [3.05, 3.63) is 64.4 Å². The highest BCUT2D eigenvalue weighted by molar-refractivity contribution is 7.99. The third kappa shape index (κ3) is 6.53. The Labute approximate surface area is 160 Å². The molecule has 0 saturated heterocycles. The minimum absolute atomic E-state index is 0.00978. The quantitative estimate of drug-likeness (QED) is 0.525. The van der Waals surface area contributed by atoms with Crippen LogP contribution in [0.25, 0.3) is 0 Å². The monoisotopic (exact) mass is 397 g/mol. The first kappa shape index (κ1) is 19.5. The number of anilines is 1. The minimum atomic E-state index is -0.509. The molecule has 3 N–H and O–H groups in total. The van der Waals surface area contributed by atoms with Crippen molar-refractivity contribution >= 4 is 52.3 Å². The highest BCUT2D eigenvalue weighted by Crippen LogP contribution is 2.19. The molecule has 0 aliphatic carbocycles. The fraction of sp³-hybridized carbons (Fsp3) is 0.176. The topological polar surface area (TPSA) is 53.2 Å². The lowest BCUT2D eigenvalue weighted by Crippen LogP contribution is -2.44. The summed E-state index contributed by atoms with van der Waals surface area (Å²) in [5, 5.41) is 2.97. The molecule has 0 unspecified atom stereocenters. The fourth-order valence-electron chi connectivity index (χ4n) is 1.92. The molecule has 25 heavy (non-hydrogen) atoms. The van der Waals surface area contributed by atoms with Crippen molar-refractivity contribution < 1.29 is 9.18 Å². The van der Waals surface area contributed by atoms with Crippen LogP contribution in [0.2, 0.25) is 5.02 Å². The fourth-order valence-corrected chi connectivity index (χ4v) is 3.18. The van der Waals surface area contributed by atoms with Gasteiger partial charge in [-0.25, -0.2) is 4.39 Å². The van der Waals surface area contributed by atoms with Crippen LogP contribution in [0.1, 0.15) is 11.1 Å². The van der Waals surface area contributed by atoms with Crippen molar-refractivity contribution in [2.45, 2.75) is 12.7 Å². The second-order valence-electron chi connectivity index (χ2n) is 5.18. The number of carbonyl (C=O) groups is 1. The molecule has 4 nitrogen and oxygen atoms in total. The first-order valence-electron chi connectivity index (χ1n) is 7.39. The average molecular weight is 398 g/mol. The van der Waals surface area contributed by atoms with Crippen molar-refractivity contribution in [2.24, 2.45) is 0 Å². The molecule has 0 heterocycles. The van der Waals surface area contributed by atoms with E-state index in [9.17, 15) is 9.18 Å². The zero-order valence-electron chi connectivity index (χ0n) is 13.4. The summed E-state index contributed by atoms with van der Waals surface area (Å²) in [7, 11) is 0. The van der Waals surface area contributed by atoms with Gasteiger partial charge in [-0.3, -0.25) is 15.6 Å². The smallest absolute Gasteiger partial charge is 0.248 e. The molecular weight excluding hydrogens is 381 g/mol. The van der Waals surface area contributed by atoms with Crippen molar-refractivity contribution in [1.29, 1.82) is 0 Å². The number of benzene rings is 2. The van der Waals surface area contributed by atoms with Crippen molar-refractivity contribution in [3.8, 4) is 0 Å². The van der Waals surface area contributed by atoms with Crippen LogP contribution in [-0.4, -0.2) is 16.8 Å². The molecule has 2 aromatic rings. The molecule has 0 fully saturated rings. The van der Waals surface area contributed by atoms with E-state index in [2.05, 4.69) is 16.2 Å². The summed E-state index contributed by atoms with van der Waals surface area (Å²) in [5.41, 5.74) is 8.04. The number of halogens is 2. The molecule has 0 bridgehead atoms. The first-order valence-corrected chi connectivity index (χ1v) is 9.33. The third-order valence-electron chi connectivity index (χ3n) is 3.24. The Kier molecular flexibility index (Phi) is 7.49. The molecule has 2 rings (SSSR count). The Morgan fingerprint density at radius 3 is 2.72 bits per heavy atom. The highest BCUT2D eigenvalue weighted by atomic mass is 35.5. The Balaban J connectivity index is 1.69. The molecule has 132 valence electrons. The molecule has 0 atom stereocenters. The van der Waals surface area contributed by atoms with Crippen LogP contribution in [0.4, 0.5) is 10.1 Å². The van der Waals surface area contributed by atoms with Gasteiger partial charge in [0.1, 0.15) is 5.82 Å². The summed E-state index contributed by atoms with van der Waals surface area (Å²) >= 11 is 12.3. The molecule has 0 aliphatic heterocycles. The van der Waals surface area contributed by atoms with Crippen molar-refractivity contribution in [2.75, 3.05) is 11.1 Å². The molecular formula is C17H17ClFN3OS2. The maximum Gasteiger partial charge on any atom is 0.248 e. The number of thiocarbonyl (C=S) groups is 1. The molecule has 8 heteroatoms. The van der Waals surface area contributed by atoms with E-state index in [1.807, 2.05) is 31.2 Å². The summed E-state index contributed by atoms with van der Waals surface area (Å²) in [6.45, 7) is 2.04. The summed E-state index contributed by atoms with van der Waals surface area (Å²) in [6, 6.07) is 12.2. The summed E-state index contributed by atoms with van der Waals surface area (Å²) in [5.74, 6) is 0.355. The number of hydrogen-bond donors (Lipinski definition) is 3. The number of nitrogens with one attached hydrogen (secondary N) is 3. The zero-order valence-corrected chi connectivity index (χ0v) is 15.8. The second kappa shape index (κ2) is 9.60. The van der Waals surface area contributed by atoms with Gasteiger partial charge in [-0.2, -0.15) is 0 Å². The van der Waals surface area contributed by atoms with Gasteiger partial charge in [-0.1, -0.05) is 35.9 Å². The number of aryl methyl sites for hydroxylation is 1. The molecule has 0 radical (unpaired) electrons. The molecule has 0 aliphatic rings. The van der Waals surface area contributed by atoms with Crippen molar-refractivity contribution in [1.82, 2.24) is 10.9 Å². The number of rotatable bonds is 5. The lowest BCUT2D eigenvalue weighted by molar-refractivity contribution is -0.119. The van der Waals surface area contributed by atoms with Gasteiger partial charge >= 0.3 is 0 Å². The summed E-state index contributed by atoms with van der Waals surface area (Å²) in [6.07, 6.45) is 0. The van der Waals surface area contributed by atoms with E-state index in [1.165, 1.54) is 41.1 Å². The molecule has 2 aromatic carbocycles. The van der Waals surface area contributed by atoms with Crippen LogP contribution in [0.15, 0.2) is 42.5 Å². The van der Waals surface area contributed by atoms with E-state index in [-0.39, 0.29) is 16.0 Å². The van der Waals surface area contributed by atoms with Crippen LogP contribution < -0.4 is 16.2 Å². The van der Waals surface area contributed by atoms with Gasteiger partial charge in [0.05, 0.1) is 10.8 Å². The van der Waals surface area contributed by atoms with Crippen LogP contribution in [0, 0.1) is 12.7 Å². The average Bonchev–Trinajstić information content (AvgIpc) is 2.58. The van der Waals surface area contributed by atoms with Gasteiger partial charge in [-0.05, 0) is 48.5 Å². The van der Waals surface area contributed by atoms with E-state index in [4.69, 9.17) is 23.8 Å². The Morgan fingerprint density at radius 1 is 1.24 bits per heavy atom. The zero-order chi connectivity index (χ0) is 18.2. The van der Waals surface area contributed by atoms with Gasteiger partial charge in [0.25, 0.3) is 0 Å². The maximum atomic E-state index is 13.1. The Morgan fingerprint density at radius 2 is 2.00 bits per heavy atom. The van der Waals surface area contributed by atoms with E-state index < -0.39 is 5.82 Å². The van der Waals surface area contributed by atoms with Crippen LogP contribution in [-0.2, 0) is 10.5 Å². The Bertz CT molecular complexity index is 773. The number of carbonyl (C=O) groups excluding carboxylic acids is 1. The van der Waals surface area contributed by atoms with Crippen LogP contribution in [0.3, 0.4) is 0 Å². The number of hydrazine groups is 1. The standard InChI is InChI=1S/C17H17ClFN3OS2/c1-11-4-2-3-5-12(11)9-25-10-16(23)21-22-17(24)20-13-6-7-15(19)14(18)8-13/h2-8H,9-10H2,1H3,(H,21,23)(H2,20,22,24). The first-order chi connectivity index (χ1) is 12.0. The van der Waals surface area contributed by atoms with Gasteiger partial charge in [0.15, 0.2) is 5.11 Å². The van der Waals surface area contributed by atoms with E-state index >= 15 is 0 Å². The van der Waals surface area contributed by atoms with Crippen LogP contribution >= 0.6 is 35.6 Å².